The van der Waals surface area contributed by atoms with E-state index in [2.05, 4.69) is 22.5 Å². The molecule has 0 bridgehead atoms. The summed E-state index contributed by atoms with van der Waals surface area (Å²) in [6.07, 6.45) is 2.54. The third-order valence-corrected chi connectivity index (χ3v) is 4.63. The average molecular weight is 526 g/mol. The van der Waals surface area contributed by atoms with Gasteiger partial charge in [0.2, 0.25) is 0 Å². The van der Waals surface area contributed by atoms with Crippen LogP contribution in [-0.4, -0.2) is 81.2 Å². The fourth-order valence-corrected chi connectivity index (χ4v) is 3.29. The zero-order valence-corrected chi connectivity index (χ0v) is 20.7. The molecule has 2 aliphatic rings. The molecule has 0 aliphatic carbocycles. The van der Waals surface area contributed by atoms with E-state index in [1.165, 1.54) is 0 Å². The maximum Gasteiger partial charge on any atom is 0.407 e. The summed E-state index contributed by atoms with van der Waals surface area (Å²) < 4.78 is 16.4. The topological polar surface area (TPSA) is 84.4 Å². The summed E-state index contributed by atoms with van der Waals surface area (Å²) in [6, 6.07) is 0.0793. The Morgan fingerprint density at radius 1 is 1.31 bits per heavy atom. The van der Waals surface area contributed by atoms with Crippen LogP contribution in [0.25, 0.3) is 0 Å². The van der Waals surface area contributed by atoms with E-state index in [-0.39, 0.29) is 36.1 Å². The number of carbonyl (C=O) groups excluding carboxylic acids is 1. The SMILES string of the molecule is CCNC(=NCCCOCC1CCOC1)N1CCC(NC(=O)OC(C)(C)C)C1.I. The first-order valence-corrected chi connectivity index (χ1v) is 10.6. The summed E-state index contributed by atoms with van der Waals surface area (Å²) in [6.45, 7) is 14.0. The number of amides is 1. The van der Waals surface area contributed by atoms with Crippen LogP contribution in [0.5, 0.6) is 0 Å². The average Bonchev–Trinajstić information content (AvgIpc) is 3.27. The number of rotatable bonds is 8. The number of carbonyl (C=O) groups is 1. The second-order valence-corrected chi connectivity index (χ2v) is 8.47. The molecule has 0 saturated carbocycles. The lowest BCUT2D eigenvalue weighted by Crippen LogP contribution is -2.44. The molecule has 170 valence electrons. The minimum Gasteiger partial charge on any atom is -0.444 e. The number of halogens is 1. The van der Waals surface area contributed by atoms with E-state index >= 15 is 0 Å². The van der Waals surface area contributed by atoms with E-state index < -0.39 is 5.60 Å². The molecule has 2 aliphatic heterocycles. The molecular formula is C20H39IN4O4. The maximum atomic E-state index is 12.0. The first kappa shape index (κ1) is 26.2. The van der Waals surface area contributed by atoms with Crippen molar-refractivity contribution in [2.45, 2.75) is 58.6 Å². The van der Waals surface area contributed by atoms with E-state index in [1.54, 1.807) is 0 Å². The van der Waals surface area contributed by atoms with Crippen molar-refractivity contribution in [3.63, 3.8) is 0 Å². The number of guanidine groups is 1. The second-order valence-electron chi connectivity index (χ2n) is 8.47. The number of ether oxygens (including phenoxy) is 3. The summed E-state index contributed by atoms with van der Waals surface area (Å²) in [5.74, 6) is 1.46. The predicted octanol–water partition coefficient (Wildman–Crippen LogP) is 2.61. The van der Waals surface area contributed by atoms with Gasteiger partial charge in [-0.3, -0.25) is 4.99 Å². The molecule has 2 N–H and O–H groups in total. The molecule has 2 saturated heterocycles. The number of hydrogen-bond acceptors (Lipinski definition) is 5. The van der Waals surface area contributed by atoms with Gasteiger partial charge in [0.15, 0.2) is 5.96 Å². The molecule has 0 aromatic rings. The Labute approximate surface area is 192 Å². The highest BCUT2D eigenvalue weighted by atomic mass is 127. The van der Waals surface area contributed by atoms with Crippen LogP contribution >= 0.6 is 24.0 Å². The quantitative estimate of drug-likeness (QED) is 0.219. The minimum atomic E-state index is -0.481. The lowest BCUT2D eigenvalue weighted by molar-refractivity contribution is 0.0507. The van der Waals surface area contributed by atoms with Crippen LogP contribution in [0.15, 0.2) is 4.99 Å². The van der Waals surface area contributed by atoms with Crippen LogP contribution < -0.4 is 10.6 Å². The first-order valence-electron chi connectivity index (χ1n) is 10.6. The molecule has 2 heterocycles. The number of aliphatic imine (C=N–C) groups is 1. The van der Waals surface area contributed by atoms with E-state index in [4.69, 9.17) is 19.2 Å². The molecule has 0 radical (unpaired) electrons. The van der Waals surface area contributed by atoms with Gasteiger partial charge in [-0.2, -0.15) is 0 Å². The fourth-order valence-electron chi connectivity index (χ4n) is 3.29. The van der Waals surface area contributed by atoms with Gasteiger partial charge in [0.05, 0.1) is 19.3 Å². The highest BCUT2D eigenvalue weighted by molar-refractivity contribution is 14.0. The monoisotopic (exact) mass is 526 g/mol. The maximum absolute atomic E-state index is 12.0. The van der Waals surface area contributed by atoms with Gasteiger partial charge < -0.3 is 29.7 Å². The van der Waals surface area contributed by atoms with Crippen molar-refractivity contribution in [1.29, 1.82) is 0 Å². The predicted molar refractivity (Wildman–Crippen MR) is 125 cm³/mol. The Morgan fingerprint density at radius 2 is 2.10 bits per heavy atom. The van der Waals surface area contributed by atoms with Crippen LogP contribution in [0.1, 0.15) is 47.0 Å². The zero-order valence-electron chi connectivity index (χ0n) is 18.4. The number of nitrogens with zero attached hydrogens (tertiary/aromatic N) is 2. The van der Waals surface area contributed by atoms with Gasteiger partial charge in [0.1, 0.15) is 5.60 Å². The molecule has 29 heavy (non-hydrogen) atoms. The van der Waals surface area contributed by atoms with Crippen LogP contribution in [0.2, 0.25) is 0 Å². The molecule has 8 nitrogen and oxygen atoms in total. The molecule has 0 aromatic carbocycles. The lowest BCUT2D eigenvalue weighted by Gasteiger charge is -2.23. The smallest absolute Gasteiger partial charge is 0.407 e. The van der Waals surface area contributed by atoms with E-state index in [9.17, 15) is 4.79 Å². The van der Waals surface area contributed by atoms with Crippen molar-refractivity contribution in [3.8, 4) is 0 Å². The van der Waals surface area contributed by atoms with Gasteiger partial charge in [-0.25, -0.2) is 4.79 Å². The molecule has 1 amide bonds. The number of likely N-dealkylation sites (tertiary alicyclic amines) is 1. The highest BCUT2D eigenvalue weighted by Gasteiger charge is 2.27. The first-order chi connectivity index (χ1) is 13.4. The van der Waals surface area contributed by atoms with E-state index in [0.29, 0.717) is 5.92 Å². The summed E-state index contributed by atoms with van der Waals surface area (Å²) in [7, 11) is 0. The van der Waals surface area contributed by atoms with Gasteiger partial charge in [-0.1, -0.05) is 0 Å². The van der Waals surface area contributed by atoms with Crippen molar-refractivity contribution in [2.75, 3.05) is 52.6 Å². The Kier molecular flexibility index (Phi) is 12.2. The Morgan fingerprint density at radius 3 is 2.76 bits per heavy atom. The number of alkyl carbamates (subject to hydrolysis) is 1. The Bertz CT molecular complexity index is 507. The number of hydrogen-bond donors (Lipinski definition) is 2. The fraction of sp³-hybridized carbons (Fsp3) is 0.900. The standard InChI is InChI=1S/C20H38N4O4.HI/c1-5-21-18(22-9-6-11-26-14-16-8-12-27-15-16)24-10-7-17(13-24)23-19(25)28-20(2,3)4;/h16-17H,5-15H2,1-4H3,(H,21,22)(H,23,25);1H. The van der Waals surface area contributed by atoms with Crippen molar-refractivity contribution < 1.29 is 19.0 Å². The van der Waals surface area contributed by atoms with E-state index in [1.807, 2.05) is 20.8 Å². The molecule has 2 unspecified atom stereocenters. The van der Waals surface area contributed by atoms with Gasteiger partial charge >= 0.3 is 6.09 Å². The molecule has 0 spiro atoms. The van der Waals surface area contributed by atoms with Crippen molar-refractivity contribution in [3.05, 3.63) is 0 Å². The largest absolute Gasteiger partial charge is 0.444 e. The van der Waals surface area contributed by atoms with Crippen molar-refractivity contribution in [2.24, 2.45) is 10.9 Å². The Hall–Kier alpha value is -0.810. The van der Waals surface area contributed by atoms with Crippen LogP contribution in [0, 0.1) is 5.92 Å². The van der Waals surface area contributed by atoms with Crippen LogP contribution in [0.4, 0.5) is 4.79 Å². The van der Waals surface area contributed by atoms with Crippen molar-refractivity contribution in [1.82, 2.24) is 15.5 Å². The summed E-state index contributed by atoms with van der Waals surface area (Å²) in [4.78, 5) is 18.9. The highest BCUT2D eigenvalue weighted by Crippen LogP contribution is 2.13. The second kappa shape index (κ2) is 13.5. The lowest BCUT2D eigenvalue weighted by atomic mass is 10.1. The number of nitrogens with one attached hydrogen (secondary N) is 2. The molecular weight excluding hydrogens is 487 g/mol. The molecule has 2 rings (SSSR count). The molecule has 2 fully saturated rings. The third kappa shape index (κ3) is 10.7. The van der Waals surface area contributed by atoms with Gasteiger partial charge in [-0.05, 0) is 47.0 Å². The van der Waals surface area contributed by atoms with Crippen molar-refractivity contribution >= 4 is 36.0 Å². The van der Waals surface area contributed by atoms with Crippen LogP contribution in [0.3, 0.4) is 0 Å². The molecule has 2 atom stereocenters. The summed E-state index contributed by atoms with van der Waals surface area (Å²) in [5.41, 5.74) is -0.481. The molecule has 0 aromatic heterocycles. The van der Waals surface area contributed by atoms with Gasteiger partial charge in [-0.15, -0.1) is 24.0 Å². The zero-order chi connectivity index (χ0) is 20.4. The van der Waals surface area contributed by atoms with Crippen LogP contribution in [-0.2, 0) is 14.2 Å². The van der Waals surface area contributed by atoms with Gasteiger partial charge in [0.25, 0.3) is 0 Å². The summed E-state index contributed by atoms with van der Waals surface area (Å²) >= 11 is 0. The Balaban J connectivity index is 0.00000420. The summed E-state index contributed by atoms with van der Waals surface area (Å²) in [5, 5.41) is 6.30. The molecule has 9 heteroatoms. The van der Waals surface area contributed by atoms with E-state index in [0.717, 1.165) is 77.8 Å². The normalized spacial score (nSPS) is 22.3. The van der Waals surface area contributed by atoms with Gasteiger partial charge in [0, 0.05) is 45.3 Å². The minimum absolute atomic E-state index is 0. The third-order valence-electron chi connectivity index (χ3n) is 4.63.